The summed E-state index contributed by atoms with van der Waals surface area (Å²) in [6.07, 6.45) is 8.17. The summed E-state index contributed by atoms with van der Waals surface area (Å²) >= 11 is 1.48. The summed E-state index contributed by atoms with van der Waals surface area (Å²) in [6, 6.07) is 2.23. The Morgan fingerprint density at radius 1 is 1.47 bits per heavy atom. The van der Waals surface area contributed by atoms with Crippen molar-refractivity contribution in [3.8, 4) is 6.07 Å². The quantitative estimate of drug-likeness (QED) is 0.610. The average molecular weight is 276 g/mol. The highest BCUT2D eigenvalue weighted by molar-refractivity contribution is 8.00. The van der Waals surface area contributed by atoms with Gasteiger partial charge in [0.2, 0.25) is 0 Å². The van der Waals surface area contributed by atoms with E-state index in [1.165, 1.54) is 43.9 Å². The van der Waals surface area contributed by atoms with Crippen LogP contribution in [0.15, 0.2) is 17.8 Å². The first kappa shape index (κ1) is 14.1. The minimum atomic E-state index is -0.105. The Morgan fingerprint density at radius 2 is 2.21 bits per heavy atom. The van der Waals surface area contributed by atoms with Crippen molar-refractivity contribution in [2.75, 3.05) is 0 Å². The Hall–Kier alpha value is -1.28. The second-order valence-electron chi connectivity index (χ2n) is 4.96. The molecule has 0 aromatic carbocycles. The Balaban J connectivity index is 2.22. The fourth-order valence-electron chi connectivity index (χ4n) is 2.54. The van der Waals surface area contributed by atoms with E-state index >= 15 is 0 Å². The van der Waals surface area contributed by atoms with Crippen LogP contribution in [0.5, 0.6) is 0 Å². The molecular formula is C14H20N4S. The van der Waals surface area contributed by atoms with Crippen LogP contribution < -0.4 is 0 Å². The maximum atomic E-state index is 8.92. The lowest BCUT2D eigenvalue weighted by Crippen LogP contribution is -2.12. The number of aromatic nitrogens is 3. The third-order valence-corrected chi connectivity index (χ3v) is 4.46. The van der Waals surface area contributed by atoms with Crippen LogP contribution in [0.3, 0.4) is 0 Å². The van der Waals surface area contributed by atoms with Crippen molar-refractivity contribution >= 4 is 11.8 Å². The van der Waals surface area contributed by atoms with Crippen molar-refractivity contribution in [2.24, 2.45) is 0 Å². The third kappa shape index (κ3) is 3.38. The highest BCUT2D eigenvalue weighted by atomic mass is 32.2. The molecule has 1 saturated carbocycles. The number of hydrogen-bond acceptors (Lipinski definition) is 4. The fraction of sp³-hybridized carbons (Fsp3) is 0.643. The molecule has 5 heteroatoms. The normalized spacial score (nSPS) is 17.9. The monoisotopic (exact) mass is 276 g/mol. The summed E-state index contributed by atoms with van der Waals surface area (Å²) in [6.45, 7) is 6.42. The average Bonchev–Trinajstić information content (AvgIpc) is 2.83. The number of nitrogens with zero attached hydrogens (tertiary/aromatic N) is 4. The number of allylic oxidation sites excluding steroid dienone is 1. The summed E-state index contributed by atoms with van der Waals surface area (Å²) < 4.78 is 2.13. The largest absolute Gasteiger partial charge is 0.302 e. The predicted octanol–water partition coefficient (Wildman–Crippen LogP) is 3.52. The lowest BCUT2D eigenvalue weighted by Gasteiger charge is -2.21. The van der Waals surface area contributed by atoms with Crippen molar-refractivity contribution < 1.29 is 0 Å². The van der Waals surface area contributed by atoms with E-state index in [2.05, 4.69) is 27.4 Å². The van der Waals surface area contributed by atoms with Crippen LogP contribution in [0.1, 0.15) is 50.8 Å². The molecule has 0 aliphatic heterocycles. The third-order valence-electron chi connectivity index (χ3n) is 3.49. The van der Waals surface area contributed by atoms with Crippen molar-refractivity contribution in [1.82, 2.24) is 14.8 Å². The van der Waals surface area contributed by atoms with Gasteiger partial charge in [-0.25, -0.2) is 0 Å². The molecule has 0 N–H and O–H groups in total. The topological polar surface area (TPSA) is 54.5 Å². The van der Waals surface area contributed by atoms with Gasteiger partial charge < -0.3 is 4.57 Å². The van der Waals surface area contributed by atoms with E-state index in [1.54, 1.807) is 0 Å². The Bertz CT molecular complexity index is 468. The first-order valence-corrected chi connectivity index (χ1v) is 7.74. The SMILES string of the molecule is C=CCn1c(S[C@H](C)C#N)nnc1C1CCCCC1. The number of thioether (sulfide) groups is 1. The Labute approximate surface area is 118 Å². The van der Waals surface area contributed by atoms with Gasteiger partial charge in [-0.2, -0.15) is 5.26 Å². The number of hydrogen-bond donors (Lipinski definition) is 0. The van der Waals surface area contributed by atoms with Gasteiger partial charge in [-0.3, -0.25) is 0 Å². The van der Waals surface area contributed by atoms with Gasteiger partial charge in [0.1, 0.15) is 5.82 Å². The van der Waals surface area contributed by atoms with Gasteiger partial charge in [-0.15, -0.1) is 16.8 Å². The van der Waals surface area contributed by atoms with Crippen LogP contribution in [0, 0.1) is 11.3 Å². The Kier molecular flexibility index (Phi) is 5.03. The molecule has 0 saturated heterocycles. The maximum Gasteiger partial charge on any atom is 0.192 e. The first-order valence-electron chi connectivity index (χ1n) is 6.86. The predicted molar refractivity (Wildman–Crippen MR) is 77.0 cm³/mol. The molecule has 0 unspecified atom stereocenters. The summed E-state index contributed by atoms with van der Waals surface area (Å²) in [5.41, 5.74) is 0. The van der Waals surface area contributed by atoms with Crippen LogP contribution >= 0.6 is 11.8 Å². The van der Waals surface area contributed by atoms with Gasteiger partial charge in [-0.1, -0.05) is 37.1 Å². The molecule has 0 radical (unpaired) electrons. The molecule has 1 heterocycles. The molecule has 1 atom stereocenters. The molecule has 1 aromatic rings. The van der Waals surface area contributed by atoms with Gasteiger partial charge >= 0.3 is 0 Å². The van der Waals surface area contributed by atoms with Gasteiger partial charge in [0, 0.05) is 12.5 Å². The van der Waals surface area contributed by atoms with Crippen molar-refractivity contribution in [1.29, 1.82) is 5.26 Å². The van der Waals surface area contributed by atoms with Gasteiger partial charge in [0.15, 0.2) is 5.16 Å². The molecule has 0 amide bonds. The van der Waals surface area contributed by atoms with Crippen molar-refractivity contribution in [3.05, 3.63) is 18.5 Å². The second-order valence-corrected chi connectivity index (χ2v) is 6.27. The molecule has 0 spiro atoms. The summed E-state index contributed by atoms with van der Waals surface area (Å²) in [5, 5.41) is 18.3. The van der Waals surface area contributed by atoms with E-state index in [4.69, 9.17) is 5.26 Å². The van der Waals surface area contributed by atoms with Crippen molar-refractivity contribution in [2.45, 2.75) is 61.9 Å². The summed E-state index contributed by atoms with van der Waals surface area (Å²) in [4.78, 5) is 0. The molecule has 2 rings (SSSR count). The standard InChI is InChI=1S/C14H20N4S/c1-3-9-18-13(12-7-5-4-6-8-12)16-17-14(18)19-11(2)10-15/h3,11-12H,1,4-9H2,2H3/t11-/m1/s1. The van der Waals surface area contributed by atoms with Gasteiger partial charge in [0.05, 0.1) is 11.3 Å². The lowest BCUT2D eigenvalue weighted by molar-refractivity contribution is 0.415. The number of nitriles is 1. The second kappa shape index (κ2) is 6.76. The summed E-state index contributed by atoms with van der Waals surface area (Å²) in [7, 11) is 0. The molecule has 1 aromatic heterocycles. The van der Waals surface area contributed by atoms with Crippen LogP contribution in [0.4, 0.5) is 0 Å². The first-order chi connectivity index (χ1) is 9.26. The van der Waals surface area contributed by atoms with E-state index < -0.39 is 0 Å². The zero-order chi connectivity index (χ0) is 13.7. The van der Waals surface area contributed by atoms with Gasteiger partial charge in [0.25, 0.3) is 0 Å². The molecule has 0 bridgehead atoms. The van der Waals surface area contributed by atoms with Crippen LogP contribution in [-0.4, -0.2) is 20.0 Å². The van der Waals surface area contributed by atoms with Crippen LogP contribution in [-0.2, 0) is 6.54 Å². The molecule has 1 fully saturated rings. The zero-order valence-corrected chi connectivity index (χ0v) is 12.2. The summed E-state index contributed by atoms with van der Waals surface area (Å²) in [5.74, 6) is 1.60. The van der Waals surface area contributed by atoms with E-state index in [1.807, 2.05) is 13.0 Å². The highest BCUT2D eigenvalue weighted by Crippen LogP contribution is 2.33. The minimum absolute atomic E-state index is 0.105. The smallest absolute Gasteiger partial charge is 0.192 e. The van der Waals surface area contributed by atoms with Crippen molar-refractivity contribution in [3.63, 3.8) is 0 Å². The molecular weight excluding hydrogens is 256 g/mol. The minimum Gasteiger partial charge on any atom is -0.302 e. The number of rotatable bonds is 5. The molecule has 19 heavy (non-hydrogen) atoms. The van der Waals surface area contributed by atoms with E-state index in [0.717, 1.165) is 17.5 Å². The van der Waals surface area contributed by atoms with E-state index in [-0.39, 0.29) is 5.25 Å². The molecule has 1 aliphatic carbocycles. The van der Waals surface area contributed by atoms with E-state index in [9.17, 15) is 0 Å². The molecule has 102 valence electrons. The molecule has 1 aliphatic rings. The molecule has 4 nitrogen and oxygen atoms in total. The lowest BCUT2D eigenvalue weighted by atomic mass is 9.89. The highest BCUT2D eigenvalue weighted by Gasteiger charge is 2.23. The van der Waals surface area contributed by atoms with Gasteiger partial charge in [-0.05, 0) is 19.8 Å². The fourth-order valence-corrected chi connectivity index (χ4v) is 3.29. The maximum absolute atomic E-state index is 8.92. The van der Waals surface area contributed by atoms with Crippen LogP contribution in [0.25, 0.3) is 0 Å². The van der Waals surface area contributed by atoms with Crippen LogP contribution in [0.2, 0.25) is 0 Å². The Morgan fingerprint density at radius 3 is 2.84 bits per heavy atom. The zero-order valence-electron chi connectivity index (χ0n) is 11.4. The van der Waals surface area contributed by atoms with E-state index in [0.29, 0.717) is 5.92 Å².